The van der Waals surface area contributed by atoms with Crippen LogP contribution in [0.3, 0.4) is 0 Å². The van der Waals surface area contributed by atoms with Crippen LogP contribution in [0.5, 0.6) is 0 Å². The molecule has 0 saturated carbocycles. The lowest BCUT2D eigenvalue weighted by molar-refractivity contribution is -0.120. The zero-order chi connectivity index (χ0) is 18.0. The maximum Gasteiger partial charge on any atom is 0.241 e. The summed E-state index contributed by atoms with van der Waals surface area (Å²) in [5.74, 6) is -0.433. The highest BCUT2D eigenvalue weighted by Gasteiger charge is 2.35. The second-order valence-corrected chi connectivity index (χ2v) is 6.78. The number of anilines is 1. The lowest BCUT2D eigenvalue weighted by Gasteiger charge is -2.23. The number of halogens is 1. The van der Waals surface area contributed by atoms with Crippen molar-refractivity contribution in [3.8, 4) is 0 Å². The molecule has 0 spiro atoms. The van der Waals surface area contributed by atoms with Gasteiger partial charge in [-0.05, 0) is 37.1 Å². The number of aryl methyl sites for hydroxylation is 1. The Morgan fingerprint density at radius 3 is 2.64 bits per heavy atom. The molecule has 1 unspecified atom stereocenters. The van der Waals surface area contributed by atoms with E-state index in [2.05, 4.69) is 22.3 Å². The summed E-state index contributed by atoms with van der Waals surface area (Å²) in [6, 6.07) is 14.5. The smallest absolute Gasteiger partial charge is 0.241 e. The molecule has 0 aliphatic carbocycles. The van der Waals surface area contributed by atoms with E-state index >= 15 is 0 Å². The number of likely N-dealkylation sites (tertiary alicyclic amines) is 1. The molecule has 25 heavy (non-hydrogen) atoms. The minimum atomic E-state index is -0.416. The van der Waals surface area contributed by atoms with Crippen molar-refractivity contribution in [1.82, 2.24) is 4.90 Å². The van der Waals surface area contributed by atoms with Crippen LogP contribution in [0.25, 0.3) is 0 Å². The number of hydrogen-bond donors (Lipinski definition) is 2. The molecule has 1 fully saturated rings. The molecule has 0 aromatic heterocycles. The maximum absolute atomic E-state index is 13.9. The standard InChI is InChI=1S/C20H24FN3O/c1-13-8-9-19(17(21)10-13)23-20(25)14(2)24-11-16(18(22)12-24)15-6-4-3-5-7-15/h3-10,14,16,18H,11-12,22H2,1-2H3,(H,23,25)/t14?,16-,18+/m0/s1. The monoisotopic (exact) mass is 341 g/mol. The van der Waals surface area contributed by atoms with Crippen molar-refractivity contribution in [2.45, 2.75) is 31.8 Å². The molecule has 2 aromatic carbocycles. The van der Waals surface area contributed by atoms with Gasteiger partial charge in [-0.2, -0.15) is 0 Å². The first-order chi connectivity index (χ1) is 12.0. The predicted octanol–water partition coefficient (Wildman–Crippen LogP) is 2.89. The van der Waals surface area contributed by atoms with E-state index in [4.69, 9.17) is 5.73 Å². The maximum atomic E-state index is 13.9. The highest BCUT2D eigenvalue weighted by Crippen LogP contribution is 2.28. The number of nitrogens with two attached hydrogens (primary N) is 1. The van der Waals surface area contributed by atoms with Gasteiger partial charge in [0.1, 0.15) is 5.82 Å². The number of rotatable bonds is 4. The number of carbonyl (C=O) groups is 1. The van der Waals surface area contributed by atoms with Crippen LogP contribution in [0.1, 0.15) is 24.0 Å². The van der Waals surface area contributed by atoms with Crippen LogP contribution in [0, 0.1) is 12.7 Å². The van der Waals surface area contributed by atoms with Crippen molar-refractivity contribution in [1.29, 1.82) is 0 Å². The molecule has 0 radical (unpaired) electrons. The summed E-state index contributed by atoms with van der Waals surface area (Å²) in [5.41, 5.74) is 8.52. The van der Waals surface area contributed by atoms with E-state index in [1.165, 1.54) is 11.6 Å². The Hall–Kier alpha value is -2.24. The highest BCUT2D eigenvalue weighted by atomic mass is 19.1. The normalized spacial score (nSPS) is 21.9. The molecule has 5 heteroatoms. The Morgan fingerprint density at radius 1 is 1.24 bits per heavy atom. The van der Waals surface area contributed by atoms with Gasteiger partial charge >= 0.3 is 0 Å². The summed E-state index contributed by atoms with van der Waals surface area (Å²) in [4.78, 5) is 14.6. The van der Waals surface area contributed by atoms with Gasteiger partial charge in [0.2, 0.25) is 5.91 Å². The molecule has 1 amide bonds. The molecule has 4 nitrogen and oxygen atoms in total. The molecular weight excluding hydrogens is 317 g/mol. The van der Waals surface area contributed by atoms with E-state index in [0.717, 1.165) is 12.1 Å². The van der Waals surface area contributed by atoms with E-state index < -0.39 is 5.82 Å². The third kappa shape index (κ3) is 3.89. The summed E-state index contributed by atoms with van der Waals surface area (Å²) < 4.78 is 13.9. The Labute approximate surface area is 147 Å². The van der Waals surface area contributed by atoms with Gasteiger partial charge in [-0.1, -0.05) is 36.4 Å². The second-order valence-electron chi connectivity index (χ2n) is 6.78. The first kappa shape index (κ1) is 17.6. The predicted molar refractivity (Wildman–Crippen MR) is 98.0 cm³/mol. The average molecular weight is 341 g/mol. The zero-order valence-electron chi connectivity index (χ0n) is 14.6. The molecule has 1 heterocycles. The average Bonchev–Trinajstić information content (AvgIpc) is 2.99. The number of carbonyl (C=O) groups excluding carboxylic acids is 1. The third-order valence-electron chi connectivity index (χ3n) is 4.93. The molecule has 1 aliphatic heterocycles. The van der Waals surface area contributed by atoms with Crippen molar-refractivity contribution in [2.75, 3.05) is 18.4 Å². The van der Waals surface area contributed by atoms with Crippen molar-refractivity contribution in [3.63, 3.8) is 0 Å². The molecule has 3 rings (SSSR count). The fourth-order valence-corrected chi connectivity index (χ4v) is 3.35. The van der Waals surface area contributed by atoms with Gasteiger partial charge in [0.15, 0.2) is 0 Å². The zero-order valence-corrected chi connectivity index (χ0v) is 14.6. The number of nitrogens with zero attached hydrogens (tertiary/aromatic N) is 1. The van der Waals surface area contributed by atoms with E-state index in [9.17, 15) is 9.18 Å². The van der Waals surface area contributed by atoms with E-state index in [1.54, 1.807) is 12.1 Å². The number of hydrogen-bond acceptors (Lipinski definition) is 3. The summed E-state index contributed by atoms with van der Waals surface area (Å²) in [6.07, 6.45) is 0. The summed E-state index contributed by atoms with van der Waals surface area (Å²) in [5, 5.41) is 2.69. The van der Waals surface area contributed by atoms with Gasteiger partial charge in [0.05, 0.1) is 11.7 Å². The van der Waals surface area contributed by atoms with Gasteiger partial charge in [-0.3, -0.25) is 9.69 Å². The summed E-state index contributed by atoms with van der Waals surface area (Å²) in [7, 11) is 0. The highest BCUT2D eigenvalue weighted by molar-refractivity contribution is 5.94. The van der Waals surface area contributed by atoms with Crippen LogP contribution < -0.4 is 11.1 Å². The molecule has 132 valence electrons. The molecule has 0 bridgehead atoms. The molecule has 3 atom stereocenters. The topological polar surface area (TPSA) is 58.4 Å². The van der Waals surface area contributed by atoms with Gasteiger partial charge in [0, 0.05) is 25.0 Å². The van der Waals surface area contributed by atoms with Crippen LogP contribution >= 0.6 is 0 Å². The minimum Gasteiger partial charge on any atom is -0.326 e. The Balaban J connectivity index is 1.66. The van der Waals surface area contributed by atoms with Gasteiger partial charge in [0.25, 0.3) is 0 Å². The molecule has 3 N–H and O–H groups in total. The molecular formula is C20H24FN3O. The number of amides is 1. The second kappa shape index (κ2) is 7.33. The largest absolute Gasteiger partial charge is 0.326 e. The molecule has 2 aromatic rings. The number of nitrogens with one attached hydrogen (secondary N) is 1. The van der Waals surface area contributed by atoms with Crippen molar-refractivity contribution in [2.24, 2.45) is 5.73 Å². The van der Waals surface area contributed by atoms with Crippen LogP contribution in [-0.4, -0.2) is 36.0 Å². The van der Waals surface area contributed by atoms with Crippen LogP contribution in [0.4, 0.5) is 10.1 Å². The Bertz CT molecular complexity index is 750. The third-order valence-corrected chi connectivity index (χ3v) is 4.93. The van der Waals surface area contributed by atoms with E-state index in [1.807, 2.05) is 32.0 Å². The van der Waals surface area contributed by atoms with Crippen LogP contribution in [-0.2, 0) is 4.79 Å². The molecule has 1 saturated heterocycles. The van der Waals surface area contributed by atoms with Crippen molar-refractivity contribution >= 4 is 11.6 Å². The molecule has 1 aliphatic rings. The van der Waals surface area contributed by atoms with Crippen molar-refractivity contribution in [3.05, 3.63) is 65.5 Å². The SMILES string of the molecule is Cc1ccc(NC(=O)C(C)N2C[C@@H](N)[C@H](c3ccccc3)C2)c(F)c1. The summed E-state index contributed by atoms with van der Waals surface area (Å²) >= 11 is 0. The lowest BCUT2D eigenvalue weighted by atomic mass is 9.95. The quantitative estimate of drug-likeness (QED) is 0.899. The van der Waals surface area contributed by atoms with Crippen molar-refractivity contribution < 1.29 is 9.18 Å². The van der Waals surface area contributed by atoms with Gasteiger partial charge in [-0.25, -0.2) is 4.39 Å². The fourth-order valence-electron chi connectivity index (χ4n) is 3.35. The lowest BCUT2D eigenvalue weighted by Crippen LogP contribution is -2.41. The van der Waals surface area contributed by atoms with Gasteiger partial charge in [-0.15, -0.1) is 0 Å². The first-order valence-electron chi connectivity index (χ1n) is 8.57. The van der Waals surface area contributed by atoms with Gasteiger partial charge < -0.3 is 11.1 Å². The van der Waals surface area contributed by atoms with E-state index in [-0.39, 0.29) is 29.6 Å². The van der Waals surface area contributed by atoms with Crippen LogP contribution in [0.2, 0.25) is 0 Å². The Kier molecular flexibility index (Phi) is 5.16. The number of benzene rings is 2. The van der Waals surface area contributed by atoms with Crippen LogP contribution in [0.15, 0.2) is 48.5 Å². The minimum absolute atomic E-state index is 0.0197. The summed E-state index contributed by atoms with van der Waals surface area (Å²) in [6.45, 7) is 5.01. The van der Waals surface area contributed by atoms with E-state index in [0.29, 0.717) is 6.54 Å². The fraction of sp³-hybridized carbons (Fsp3) is 0.350. The Morgan fingerprint density at radius 2 is 1.96 bits per heavy atom. The first-order valence-corrected chi connectivity index (χ1v) is 8.57.